The molecule has 0 spiro atoms. The third kappa shape index (κ3) is 5.85. The van der Waals surface area contributed by atoms with E-state index in [0.717, 1.165) is 37.8 Å². The van der Waals surface area contributed by atoms with Crippen LogP contribution in [0.25, 0.3) is 0 Å². The van der Waals surface area contributed by atoms with Crippen LogP contribution in [0.4, 0.5) is 0 Å². The summed E-state index contributed by atoms with van der Waals surface area (Å²) in [4.78, 5) is 15.3. The zero-order valence-electron chi connectivity index (χ0n) is 17.0. The van der Waals surface area contributed by atoms with Gasteiger partial charge in [0, 0.05) is 23.7 Å². The van der Waals surface area contributed by atoms with Crippen LogP contribution in [0.5, 0.6) is 0 Å². The van der Waals surface area contributed by atoms with Gasteiger partial charge in [0.2, 0.25) is 5.91 Å². The number of nitrogens with zero attached hydrogens (tertiary/aromatic N) is 1. The van der Waals surface area contributed by atoms with Gasteiger partial charge in [0.15, 0.2) is 0 Å². The molecule has 0 unspecified atom stereocenters. The van der Waals surface area contributed by atoms with E-state index in [1.165, 1.54) is 5.56 Å². The first-order chi connectivity index (χ1) is 11.6. The van der Waals surface area contributed by atoms with Gasteiger partial charge >= 0.3 is 0 Å². The Morgan fingerprint density at radius 1 is 1.12 bits per heavy atom. The lowest BCUT2D eigenvalue weighted by Gasteiger charge is -2.49. The number of aryl methyl sites for hydroxylation is 1. The molecule has 0 atom stereocenters. The molecule has 1 saturated heterocycles. The number of rotatable bonds is 6. The van der Waals surface area contributed by atoms with Crippen molar-refractivity contribution in [3.8, 4) is 0 Å². The Kier molecular flexibility index (Phi) is 6.31. The Labute approximate surface area is 154 Å². The Balaban J connectivity index is 2.16. The zero-order chi connectivity index (χ0) is 18.7. The predicted octanol–water partition coefficient (Wildman–Crippen LogP) is 4.48. The number of hydrogen-bond donors (Lipinski definition) is 1. The van der Waals surface area contributed by atoms with E-state index in [4.69, 9.17) is 0 Å². The van der Waals surface area contributed by atoms with Gasteiger partial charge in [-0.1, -0.05) is 43.2 Å². The lowest BCUT2D eigenvalue weighted by molar-refractivity contribution is -0.134. The number of hydrogen-bond acceptors (Lipinski definition) is 2. The topological polar surface area (TPSA) is 32.3 Å². The van der Waals surface area contributed by atoms with Gasteiger partial charge in [-0.25, -0.2) is 0 Å². The van der Waals surface area contributed by atoms with Crippen molar-refractivity contribution in [2.45, 2.75) is 90.8 Å². The maximum Gasteiger partial charge on any atom is 0.227 e. The van der Waals surface area contributed by atoms with Crippen LogP contribution in [-0.2, 0) is 11.2 Å². The number of carbonyl (C=O) groups is 1. The lowest BCUT2D eigenvalue weighted by atomic mass is 9.79. The standard InChI is InChI=1S/C22H36N2O/c1-7-8-13-24(19-15-21(3,4)23-22(5,6)16-19)20(25)14-18-11-9-17(2)10-12-18/h9-12,19,23H,7-8,13-16H2,1-6H3. The second-order valence-electron chi connectivity index (χ2n) is 9.06. The van der Waals surface area contributed by atoms with Crippen LogP contribution >= 0.6 is 0 Å². The first kappa shape index (κ1) is 20.0. The van der Waals surface area contributed by atoms with Gasteiger partial charge < -0.3 is 10.2 Å². The van der Waals surface area contributed by atoms with E-state index in [-0.39, 0.29) is 17.0 Å². The molecule has 3 heteroatoms. The largest absolute Gasteiger partial charge is 0.339 e. The molecule has 1 heterocycles. The van der Waals surface area contributed by atoms with E-state index < -0.39 is 0 Å². The fourth-order valence-electron chi connectivity index (χ4n) is 4.31. The summed E-state index contributed by atoms with van der Waals surface area (Å²) in [5, 5.41) is 3.73. The summed E-state index contributed by atoms with van der Waals surface area (Å²) in [7, 11) is 0. The predicted molar refractivity (Wildman–Crippen MR) is 106 cm³/mol. The summed E-state index contributed by atoms with van der Waals surface area (Å²) in [5.41, 5.74) is 2.47. The number of benzene rings is 1. The summed E-state index contributed by atoms with van der Waals surface area (Å²) in [6.45, 7) is 14.2. The molecule has 1 amide bonds. The van der Waals surface area contributed by atoms with Crippen molar-refractivity contribution < 1.29 is 4.79 Å². The molecular weight excluding hydrogens is 308 g/mol. The first-order valence-electron chi connectivity index (χ1n) is 9.76. The molecular formula is C22H36N2O. The molecule has 0 aromatic heterocycles. The first-order valence-corrected chi connectivity index (χ1v) is 9.76. The molecule has 1 aromatic rings. The van der Waals surface area contributed by atoms with Gasteiger partial charge in [-0.3, -0.25) is 4.79 Å². The maximum absolute atomic E-state index is 13.1. The average molecular weight is 345 g/mol. The molecule has 1 aliphatic heterocycles. The van der Waals surface area contributed by atoms with Gasteiger partial charge in [-0.05, 0) is 59.4 Å². The number of piperidine rings is 1. The molecule has 0 aliphatic carbocycles. The quantitative estimate of drug-likeness (QED) is 0.825. The SMILES string of the molecule is CCCCN(C(=O)Cc1ccc(C)cc1)C1CC(C)(C)NC(C)(C)C1. The van der Waals surface area contributed by atoms with Crippen LogP contribution < -0.4 is 5.32 Å². The van der Waals surface area contributed by atoms with Gasteiger partial charge in [0.25, 0.3) is 0 Å². The Morgan fingerprint density at radius 2 is 1.68 bits per heavy atom. The summed E-state index contributed by atoms with van der Waals surface area (Å²) in [5.74, 6) is 0.274. The highest BCUT2D eigenvalue weighted by atomic mass is 16.2. The Hall–Kier alpha value is -1.35. The van der Waals surface area contributed by atoms with Crippen LogP contribution in [-0.4, -0.2) is 34.5 Å². The van der Waals surface area contributed by atoms with Gasteiger partial charge in [0.1, 0.15) is 0 Å². The fourth-order valence-corrected chi connectivity index (χ4v) is 4.31. The number of nitrogens with one attached hydrogen (secondary N) is 1. The molecule has 25 heavy (non-hydrogen) atoms. The van der Waals surface area contributed by atoms with Gasteiger partial charge in [-0.2, -0.15) is 0 Å². The molecule has 1 fully saturated rings. The minimum atomic E-state index is 0.0566. The second kappa shape index (κ2) is 7.90. The lowest BCUT2D eigenvalue weighted by Crippen LogP contribution is -2.63. The smallest absolute Gasteiger partial charge is 0.227 e. The number of carbonyl (C=O) groups excluding carboxylic acids is 1. The molecule has 0 saturated carbocycles. The highest BCUT2D eigenvalue weighted by molar-refractivity contribution is 5.79. The Morgan fingerprint density at radius 3 is 2.20 bits per heavy atom. The summed E-state index contributed by atoms with van der Waals surface area (Å²) < 4.78 is 0. The van der Waals surface area contributed by atoms with Crippen LogP contribution in [0.3, 0.4) is 0 Å². The van der Waals surface area contributed by atoms with E-state index in [2.05, 4.69) is 76.0 Å². The van der Waals surface area contributed by atoms with Crippen LogP contribution in [0.2, 0.25) is 0 Å². The molecule has 140 valence electrons. The highest BCUT2D eigenvalue weighted by Crippen LogP contribution is 2.32. The van der Waals surface area contributed by atoms with E-state index >= 15 is 0 Å². The van der Waals surface area contributed by atoms with Crippen molar-refractivity contribution in [1.82, 2.24) is 10.2 Å². The minimum Gasteiger partial charge on any atom is -0.339 e. The van der Waals surface area contributed by atoms with E-state index in [9.17, 15) is 4.79 Å². The van der Waals surface area contributed by atoms with Crippen molar-refractivity contribution in [2.75, 3.05) is 6.54 Å². The van der Waals surface area contributed by atoms with Gasteiger partial charge in [-0.15, -0.1) is 0 Å². The van der Waals surface area contributed by atoms with Crippen molar-refractivity contribution in [3.05, 3.63) is 35.4 Å². The normalized spacial score (nSPS) is 19.6. The maximum atomic E-state index is 13.1. The van der Waals surface area contributed by atoms with Crippen LogP contribution in [0.15, 0.2) is 24.3 Å². The molecule has 3 nitrogen and oxygen atoms in total. The fraction of sp³-hybridized carbons (Fsp3) is 0.682. The highest BCUT2D eigenvalue weighted by Gasteiger charge is 2.40. The minimum absolute atomic E-state index is 0.0566. The number of unbranched alkanes of at least 4 members (excludes halogenated alkanes) is 1. The summed E-state index contributed by atoms with van der Waals surface area (Å²) >= 11 is 0. The summed E-state index contributed by atoms with van der Waals surface area (Å²) in [6, 6.07) is 8.67. The van der Waals surface area contributed by atoms with Crippen LogP contribution in [0.1, 0.15) is 71.4 Å². The molecule has 0 bridgehead atoms. The Bertz CT molecular complexity index is 558. The number of amides is 1. The van der Waals surface area contributed by atoms with E-state index in [1.54, 1.807) is 0 Å². The third-order valence-electron chi connectivity index (χ3n) is 5.16. The molecule has 0 radical (unpaired) electrons. The van der Waals surface area contributed by atoms with E-state index in [0.29, 0.717) is 12.5 Å². The molecule has 1 aliphatic rings. The van der Waals surface area contributed by atoms with Crippen molar-refractivity contribution >= 4 is 5.91 Å². The second-order valence-corrected chi connectivity index (χ2v) is 9.06. The molecule has 1 aromatic carbocycles. The van der Waals surface area contributed by atoms with Crippen molar-refractivity contribution in [2.24, 2.45) is 0 Å². The monoisotopic (exact) mass is 344 g/mol. The van der Waals surface area contributed by atoms with Gasteiger partial charge in [0.05, 0.1) is 6.42 Å². The van der Waals surface area contributed by atoms with Crippen molar-refractivity contribution in [3.63, 3.8) is 0 Å². The molecule has 2 rings (SSSR count). The third-order valence-corrected chi connectivity index (χ3v) is 5.16. The van der Waals surface area contributed by atoms with Crippen molar-refractivity contribution in [1.29, 1.82) is 0 Å². The van der Waals surface area contributed by atoms with Crippen LogP contribution in [0, 0.1) is 6.92 Å². The zero-order valence-corrected chi connectivity index (χ0v) is 17.0. The summed E-state index contributed by atoms with van der Waals surface area (Å²) in [6.07, 6.45) is 4.73. The average Bonchev–Trinajstić information content (AvgIpc) is 2.47. The van der Waals surface area contributed by atoms with E-state index in [1.807, 2.05) is 0 Å². The molecule has 1 N–H and O–H groups in total.